The van der Waals surface area contributed by atoms with E-state index in [1.54, 1.807) is 0 Å². The van der Waals surface area contributed by atoms with Crippen LogP contribution in [-0.2, 0) is 16.1 Å². The van der Waals surface area contributed by atoms with E-state index in [1.807, 2.05) is 30.3 Å². The summed E-state index contributed by atoms with van der Waals surface area (Å²) in [6.07, 6.45) is 2.40. The standard InChI is InChI=1S/C15H24N2O2/c1-16-11-7-6-10-14(17-2)15(18)19-12-13-8-4-3-5-9-13/h3-5,8-9,14,16-17H,6-7,10-12H2,1-2H3/t14-/m0/s1/i1D,2D. The van der Waals surface area contributed by atoms with E-state index >= 15 is 0 Å². The normalized spacial score (nSPS) is 13.5. The second kappa shape index (κ2) is 9.53. The number of carbonyl (C=O) groups excluding carboxylic acids is 1. The fourth-order valence-electron chi connectivity index (χ4n) is 1.73. The van der Waals surface area contributed by atoms with E-state index in [2.05, 4.69) is 10.6 Å². The third kappa shape index (κ3) is 6.36. The molecule has 0 amide bonds. The Morgan fingerprint density at radius 3 is 2.89 bits per heavy atom. The molecular formula is C15H24N2O2. The molecule has 0 fully saturated rings. The smallest absolute Gasteiger partial charge is 0.323 e. The number of hydrogen-bond donors (Lipinski definition) is 2. The summed E-state index contributed by atoms with van der Waals surface area (Å²) in [4.78, 5) is 12.0. The van der Waals surface area contributed by atoms with E-state index in [4.69, 9.17) is 7.48 Å². The summed E-state index contributed by atoms with van der Waals surface area (Å²) in [6, 6.07) is 9.12. The molecule has 0 aliphatic carbocycles. The van der Waals surface area contributed by atoms with Crippen LogP contribution in [0.5, 0.6) is 0 Å². The molecule has 19 heavy (non-hydrogen) atoms. The molecule has 1 aromatic carbocycles. The lowest BCUT2D eigenvalue weighted by Crippen LogP contribution is -2.35. The van der Waals surface area contributed by atoms with Gasteiger partial charge in [-0.05, 0) is 39.0 Å². The highest BCUT2D eigenvalue weighted by molar-refractivity contribution is 5.75. The summed E-state index contributed by atoms with van der Waals surface area (Å²) >= 11 is 0. The molecule has 2 N–H and O–H groups in total. The van der Waals surface area contributed by atoms with E-state index in [0.29, 0.717) is 6.42 Å². The fraction of sp³-hybridized carbons (Fsp3) is 0.533. The number of nitrogens with one attached hydrogen (secondary N) is 2. The zero-order chi connectivity index (χ0) is 15.3. The fourth-order valence-corrected chi connectivity index (χ4v) is 1.73. The molecule has 4 nitrogen and oxygen atoms in total. The number of carbonyl (C=O) groups is 1. The molecule has 0 aliphatic rings. The molecule has 0 unspecified atom stereocenters. The Hall–Kier alpha value is -1.39. The van der Waals surface area contributed by atoms with Crippen LogP contribution in [0.3, 0.4) is 0 Å². The summed E-state index contributed by atoms with van der Waals surface area (Å²) in [5.74, 6) is -0.306. The van der Waals surface area contributed by atoms with E-state index in [9.17, 15) is 4.79 Å². The van der Waals surface area contributed by atoms with Crippen molar-refractivity contribution in [3.63, 3.8) is 0 Å². The molecule has 1 atom stereocenters. The maximum atomic E-state index is 12.0. The molecule has 4 heteroatoms. The monoisotopic (exact) mass is 266 g/mol. The molecule has 0 saturated heterocycles. The highest BCUT2D eigenvalue weighted by atomic mass is 16.5. The number of unbranched alkanes of at least 4 members (excludes halogenated alkanes) is 1. The first kappa shape index (κ1) is 12.6. The van der Waals surface area contributed by atoms with Gasteiger partial charge in [0.2, 0.25) is 0 Å². The van der Waals surface area contributed by atoms with Gasteiger partial charge in [-0.2, -0.15) is 0 Å². The van der Waals surface area contributed by atoms with Crippen molar-refractivity contribution in [2.24, 2.45) is 0 Å². The van der Waals surface area contributed by atoms with E-state index in [-0.39, 0.29) is 26.6 Å². The zero-order valence-corrected chi connectivity index (χ0v) is 11.2. The number of likely N-dealkylation sites (N-methyl/N-ethyl adjacent to an activating group) is 1. The van der Waals surface area contributed by atoms with Crippen molar-refractivity contribution in [1.82, 2.24) is 10.6 Å². The topological polar surface area (TPSA) is 50.4 Å². The average Bonchev–Trinajstić information content (AvgIpc) is 2.52. The van der Waals surface area contributed by atoms with Gasteiger partial charge in [-0.25, -0.2) is 0 Å². The molecule has 1 aromatic rings. The summed E-state index contributed by atoms with van der Waals surface area (Å²) in [6.45, 7) is 1.03. The van der Waals surface area contributed by atoms with E-state index in [1.165, 1.54) is 0 Å². The van der Waals surface area contributed by atoms with E-state index in [0.717, 1.165) is 24.9 Å². The van der Waals surface area contributed by atoms with Crippen LogP contribution in [0.4, 0.5) is 0 Å². The maximum absolute atomic E-state index is 12.0. The van der Waals surface area contributed by atoms with Gasteiger partial charge in [0.25, 0.3) is 0 Å². The minimum absolute atomic E-state index is 0.00390. The molecule has 0 aromatic heterocycles. The number of benzene rings is 1. The van der Waals surface area contributed by atoms with Crippen molar-refractivity contribution in [1.29, 1.82) is 0 Å². The number of ether oxygens (including phenoxy) is 1. The van der Waals surface area contributed by atoms with Gasteiger partial charge in [-0.3, -0.25) is 4.79 Å². The predicted octanol–water partition coefficient (Wildman–Crippen LogP) is 1.71. The van der Waals surface area contributed by atoms with Crippen LogP contribution < -0.4 is 10.6 Å². The lowest BCUT2D eigenvalue weighted by atomic mass is 10.1. The Balaban J connectivity index is 2.31. The van der Waals surface area contributed by atoms with Crippen molar-refractivity contribution in [3.8, 4) is 0 Å². The Morgan fingerprint density at radius 2 is 2.16 bits per heavy atom. The van der Waals surface area contributed by atoms with Gasteiger partial charge >= 0.3 is 5.97 Å². The third-order valence-corrected chi connectivity index (χ3v) is 2.85. The summed E-state index contributed by atoms with van der Waals surface area (Å²) in [5, 5.41) is 5.77. The average molecular weight is 266 g/mol. The molecule has 0 spiro atoms. The molecule has 0 saturated carbocycles. The molecular weight excluding hydrogens is 240 g/mol. The molecule has 0 heterocycles. The van der Waals surface area contributed by atoms with Gasteiger partial charge in [-0.15, -0.1) is 0 Å². The Labute approximate surface area is 118 Å². The SMILES string of the molecule is [2H]CNCCCC[C@H](NC[2H])C(=O)OCc1ccccc1. The van der Waals surface area contributed by atoms with Crippen LogP contribution in [0.1, 0.15) is 27.6 Å². The minimum Gasteiger partial charge on any atom is -0.460 e. The van der Waals surface area contributed by atoms with Crippen LogP contribution in [0.25, 0.3) is 0 Å². The van der Waals surface area contributed by atoms with Gasteiger partial charge in [-0.1, -0.05) is 36.8 Å². The maximum Gasteiger partial charge on any atom is 0.323 e. The predicted molar refractivity (Wildman–Crippen MR) is 76.9 cm³/mol. The van der Waals surface area contributed by atoms with Gasteiger partial charge in [0.05, 0.1) is 0 Å². The number of esters is 1. The first-order valence-corrected chi connectivity index (χ1v) is 6.51. The van der Waals surface area contributed by atoms with Crippen molar-refractivity contribution >= 4 is 5.97 Å². The van der Waals surface area contributed by atoms with Gasteiger partial charge in [0, 0.05) is 2.74 Å². The summed E-state index contributed by atoms with van der Waals surface area (Å²) in [5.41, 5.74) is 0.954. The van der Waals surface area contributed by atoms with Crippen molar-refractivity contribution in [2.45, 2.75) is 31.9 Å². The van der Waals surface area contributed by atoms with Crippen molar-refractivity contribution in [2.75, 3.05) is 20.6 Å². The van der Waals surface area contributed by atoms with Crippen molar-refractivity contribution < 1.29 is 12.3 Å². The second-order valence-electron chi connectivity index (χ2n) is 4.35. The Morgan fingerprint density at radius 1 is 1.32 bits per heavy atom. The second-order valence-corrected chi connectivity index (χ2v) is 4.35. The Bertz CT molecular complexity index is 391. The van der Waals surface area contributed by atoms with Crippen LogP contribution in [0.2, 0.25) is 0 Å². The Kier molecular flexibility index (Phi) is 6.34. The number of hydrogen-bond acceptors (Lipinski definition) is 4. The highest BCUT2D eigenvalue weighted by Gasteiger charge is 2.17. The molecule has 0 radical (unpaired) electrons. The molecule has 0 aliphatic heterocycles. The lowest BCUT2D eigenvalue weighted by molar-refractivity contribution is -0.147. The first-order chi connectivity index (χ1) is 10.3. The van der Waals surface area contributed by atoms with Crippen LogP contribution in [0.15, 0.2) is 30.3 Å². The van der Waals surface area contributed by atoms with Gasteiger partial charge in [0.1, 0.15) is 12.6 Å². The quantitative estimate of drug-likeness (QED) is 0.528. The zero-order valence-electron chi connectivity index (χ0n) is 13.2. The molecule has 0 bridgehead atoms. The third-order valence-electron chi connectivity index (χ3n) is 2.85. The lowest BCUT2D eigenvalue weighted by Gasteiger charge is -2.15. The summed E-state index contributed by atoms with van der Waals surface area (Å²) < 4.78 is 19.5. The minimum atomic E-state index is -0.429. The summed E-state index contributed by atoms with van der Waals surface area (Å²) in [7, 11) is 0.212. The van der Waals surface area contributed by atoms with Crippen LogP contribution >= 0.6 is 0 Å². The number of rotatable bonds is 9. The van der Waals surface area contributed by atoms with Gasteiger partial charge in [0.15, 0.2) is 0 Å². The molecule has 106 valence electrons. The highest BCUT2D eigenvalue weighted by Crippen LogP contribution is 2.06. The van der Waals surface area contributed by atoms with Crippen LogP contribution in [0, 0.1) is 0 Å². The molecule has 1 rings (SSSR count). The van der Waals surface area contributed by atoms with E-state index < -0.39 is 6.04 Å². The van der Waals surface area contributed by atoms with Crippen LogP contribution in [-0.4, -0.2) is 32.6 Å². The van der Waals surface area contributed by atoms with Gasteiger partial charge < -0.3 is 15.4 Å². The van der Waals surface area contributed by atoms with Crippen molar-refractivity contribution in [3.05, 3.63) is 35.9 Å². The largest absolute Gasteiger partial charge is 0.460 e. The first-order valence-electron chi connectivity index (χ1n) is 7.92.